The van der Waals surface area contributed by atoms with Gasteiger partial charge in [-0.15, -0.1) is 0 Å². The average molecular weight is 713 g/mol. The second kappa shape index (κ2) is 16.3. The first-order valence-electron chi connectivity index (χ1n) is 16.6. The molecule has 16 nitrogen and oxygen atoms in total. The number of fused-ring (bicyclic) bond motifs is 1. The van der Waals surface area contributed by atoms with Crippen LogP contribution in [-0.2, 0) is 42.4 Å². The number of nitrogens with zero attached hydrogens (tertiary/aromatic N) is 4. The normalized spacial score (nSPS) is 18.0. The number of nitrogen functional groups attached to an aromatic ring is 1. The molecule has 3 aromatic rings. The highest BCUT2D eigenvalue weighted by Gasteiger charge is 2.43. The SMILES string of the molecule is CCC(=O)O[C@H]([C@@H](COP(=O)(N[C@@H](C)C(=O)OC1CCC1)Oc1ccc(C2CC2)cc1)OC#N)[C@@H](OC(=O)CC)c1ccc2c(N)ncnn12. The van der Waals surface area contributed by atoms with Crippen LogP contribution < -0.4 is 15.3 Å². The summed E-state index contributed by atoms with van der Waals surface area (Å²) in [5.74, 6) is -1.28. The molecule has 2 saturated carbocycles. The summed E-state index contributed by atoms with van der Waals surface area (Å²) in [5, 5.41) is 16.5. The van der Waals surface area contributed by atoms with E-state index >= 15 is 0 Å². The Balaban J connectivity index is 1.46. The highest BCUT2D eigenvalue weighted by atomic mass is 31.2. The van der Waals surface area contributed by atoms with E-state index in [-0.39, 0.29) is 36.2 Å². The van der Waals surface area contributed by atoms with E-state index in [0.717, 1.165) is 37.7 Å². The summed E-state index contributed by atoms with van der Waals surface area (Å²) >= 11 is 0. The fourth-order valence-electron chi connectivity index (χ4n) is 5.20. The third-order valence-corrected chi connectivity index (χ3v) is 10.0. The van der Waals surface area contributed by atoms with Crippen LogP contribution in [0.1, 0.15) is 89.0 Å². The van der Waals surface area contributed by atoms with Crippen LogP contribution >= 0.6 is 7.75 Å². The number of carbonyl (C=O) groups is 3. The van der Waals surface area contributed by atoms with Gasteiger partial charge in [-0.25, -0.2) is 14.1 Å². The van der Waals surface area contributed by atoms with Gasteiger partial charge in [0.15, 0.2) is 24.1 Å². The average Bonchev–Trinajstić information content (AvgIpc) is 3.85. The minimum atomic E-state index is -4.47. The topological polar surface area (TPSA) is 216 Å². The van der Waals surface area contributed by atoms with Crippen LogP contribution in [0.5, 0.6) is 5.75 Å². The van der Waals surface area contributed by atoms with Gasteiger partial charge < -0.3 is 29.2 Å². The van der Waals surface area contributed by atoms with Crippen molar-refractivity contribution in [2.75, 3.05) is 12.3 Å². The van der Waals surface area contributed by atoms with Gasteiger partial charge >= 0.3 is 25.7 Å². The van der Waals surface area contributed by atoms with Crippen molar-refractivity contribution in [2.24, 2.45) is 0 Å². The molecule has 0 bridgehead atoms. The van der Waals surface area contributed by atoms with Gasteiger partial charge in [0.05, 0.1) is 5.69 Å². The zero-order valence-corrected chi connectivity index (χ0v) is 29.0. The lowest BCUT2D eigenvalue weighted by atomic mass is 9.96. The Kier molecular flexibility index (Phi) is 11.9. The molecule has 2 aromatic heterocycles. The highest BCUT2D eigenvalue weighted by molar-refractivity contribution is 7.52. The van der Waals surface area contributed by atoms with Gasteiger partial charge in [0.25, 0.3) is 6.26 Å². The number of nitrogens with one attached hydrogen (secondary N) is 1. The van der Waals surface area contributed by atoms with Gasteiger partial charge in [0.1, 0.15) is 36.3 Å². The summed E-state index contributed by atoms with van der Waals surface area (Å²) in [7, 11) is -4.47. The first-order valence-corrected chi connectivity index (χ1v) is 18.1. The molecule has 0 saturated heterocycles. The van der Waals surface area contributed by atoms with Crippen LogP contribution in [0.15, 0.2) is 42.7 Å². The highest BCUT2D eigenvalue weighted by Crippen LogP contribution is 2.47. The fourth-order valence-corrected chi connectivity index (χ4v) is 6.71. The molecule has 0 amide bonds. The Labute approximate surface area is 289 Å². The first kappa shape index (κ1) is 36.6. The van der Waals surface area contributed by atoms with Crippen LogP contribution in [0.3, 0.4) is 0 Å². The molecule has 2 heterocycles. The molecule has 2 aliphatic carbocycles. The standard InChI is InChI=1S/C33H41N6O10P/c1-4-28(40)47-30(25-15-16-26-32(35)36-19-37-39(25)26)31(48-29(41)5-2)27(44-18-34)17-45-50(43,38-20(3)33(42)46-23-7-6-8-23)49-24-13-11-22(12-14-24)21-9-10-21/h11-16,19-21,23,27,30-31H,4-10,17H2,1-3H3,(H,38,43)(H2,35,36,37)/t20-,27+,30-,31+,50?/m0/s1. The predicted molar refractivity (Wildman–Crippen MR) is 176 cm³/mol. The van der Waals surface area contributed by atoms with Gasteiger partial charge in [0, 0.05) is 12.8 Å². The van der Waals surface area contributed by atoms with Crippen molar-refractivity contribution in [3.05, 3.63) is 54.0 Å². The first-order chi connectivity index (χ1) is 24.0. The van der Waals surface area contributed by atoms with Crippen LogP contribution in [0.25, 0.3) is 5.52 Å². The number of carbonyl (C=O) groups excluding carboxylic acids is 3. The Morgan fingerprint density at radius 2 is 1.76 bits per heavy atom. The Bertz CT molecular complexity index is 1750. The second-order valence-corrected chi connectivity index (χ2v) is 13.8. The van der Waals surface area contributed by atoms with Crippen molar-refractivity contribution in [1.82, 2.24) is 19.7 Å². The van der Waals surface area contributed by atoms with E-state index in [4.69, 9.17) is 33.7 Å². The molecule has 5 atom stereocenters. The zero-order chi connectivity index (χ0) is 35.8. The molecule has 17 heteroatoms. The van der Waals surface area contributed by atoms with Crippen molar-refractivity contribution in [2.45, 2.75) is 102 Å². The van der Waals surface area contributed by atoms with Crippen LogP contribution in [0.2, 0.25) is 0 Å². The van der Waals surface area contributed by atoms with E-state index in [0.29, 0.717) is 11.4 Å². The molecule has 2 fully saturated rings. The van der Waals surface area contributed by atoms with E-state index in [1.807, 2.05) is 12.1 Å². The molecule has 0 radical (unpaired) electrons. The summed E-state index contributed by atoms with van der Waals surface area (Å²) < 4.78 is 49.9. The van der Waals surface area contributed by atoms with E-state index in [1.54, 1.807) is 44.4 Å². The summed E-state index contributed by atoms with van der Waals surface area (Å²) in [6.45, 7) is 3.87. The quantitative estimate of drug-likeness (QED) is 0.0794. The van der Waals surface area contributed by atoms with Gasteiger partial charge in [0.2, 0.25) is 0 Å². The number of rotatable bonds is 18. The Hall–Kier alpha value is -4.71. The van der Waals surface area contributed by atoms with Crippen LogP contribution in [-0.4, -0.2) is 63.5 Å². The van der Waals surface area contributed by atoms with Crippen molar-refractivity contribution in [3.8, 4) is 12.0 Å². The number of hydrogen-bond donors (Lipinski definition) is 2. The number of aromatic nitrogens is 3. The third kappa shape index (κ3) is 9.09. The monoisotopic (exact) mass is 712 g/mol. The maximum Gasteiger partial charge on any atom is 0.459 e. The number of ether oxygens (including phenoxy) is 4. The molecule has 50 heavy (non-hydrogen) atoms. The Morgan fingerprint density at radius 1 is 1.06 bits per heavy atom. The maximum absolute atomic E-state index is 14.4. The number of hydrogen-bond acceptors (Lipinski definition) is 14. The lowest BCUT2D eigenvalue weighted by molar-refractivity contribution is -0.180. The minimum absolute atomic E-state index is 0.0486. The maximum atomic E-state index is 14.4. The summed E-state index contributed by atoms with van der Waals surface area (Å²) in [5.41, 5.74) is 7.71. The van der Waals surface area contributed by atoms with Crippen molar-refractivity contribution in [1.29, 1.82) is 5.26 Å². The number of nitriles is 1. The summed E-state index contributed by atoms with van der Waals surface area (Å²) in [6.07, 6.45) is 2.50. The largest absolute Gasteiger partial charge is 0.461 e. The summed E-state index contributed by atoms with van der Waals surface area (Å²) in [6, 6.07) is 8.99. The van der Waals surface area contributed by atoms with Crippen LogP contribution in [0.4, 0.5) is 5.82 Å². The second-order valence-electron chi connectivity index (χ2n) is 12.1. The predicted octanol–water partition coefficient (Wildman–Crippen LogP) is 4.65. The molecule has 3 N–H and O–H groups in total. The number of anilines is 1. The molecule has 1 unspecified atom stereocenters. The van der Waals surface area contributed by atoms with Crippen molar-refractivity contribution >= 4 is 37.0 Å². The molecular weight excluding hydrogens is 671 g/mol. The molecule has 0 spiro atoms. The van der Waals surface area contributed by atoms with Gasteiger partial charge in [-0.1, -0.05) is 26.0 Å². The molecule has 1 aromatic carbocycles. The molecule has 0 aliphatic heterocycles. The molecular formula is C33H41N6O10P. The van der Waals surface area contributed by atoms with Crippen molar-refractivity contribution < 1.29 is 46.9 Å². The molecule has 268 valence electrons. The van der Waals surface area contributed by atoms with Crippen molar-refractivity contribution in [3.63, 3.8) is 0 Å². The smallest absolute Gasteiger partial charge is 0.459 e. The van der Waals surface area contributed by atoms with E-state index < -0.39 is 56.6 Å². The fraction of sp³-hybridized carbons (Fsp3) is 0.515. The Morgan fingerprint density at radius 3 is 2.38 bits per heavy atom. The zero-order valence-electron chi connectivity index (χ0n) is 28.1. The molecule has 5 rings (SSSR count). The lowest BCUT2D eigenvalue weighted by Gasteiger charge is -2.32. The van der Waals surface area contributed by atoms with E-state index in [9.17, 15) is 24.2 Å². The minimum Gasteiger partial charge on any atom is -0.461 e. The van der Waals surface area contributed by atoms with Gasteiger partial charge in [-0.2, -0.15) is 15.4 Å². The van der Waals surface area contributed by atoms with Gasteiger partial charge in [-0.3, -0.25) is 18.9 Å². The van der Waals surface area contributed by atoms with E-state index in [1.165, 1.54) is 17.8 Å². The number of benzene rings is 1. The van der Waals surface area contributed by atoms with Crippen LogP contribution in [0, 0.1) is 11.5 Å². The number of esters is 3. The number of nitrogens with two attached hydrogens (primary N) is 1. The lowest BCUT2D eigenvalue weighted by Crippen LogP contribution is -2.43. The van der Waals surface area contributed by atoms with E-state index in [2.05, 4.69) is 15.2 Å². The summed E-state index contributed by atoms with van der Waals surface area (Å²) in [4.78, 5) is 42.4. The van der Waals surface area contributed by atoms with Gasteiger partial charge in [-0.05, 0) is 74.8 Å². The third-order valence-electron chi connectivity index (χ3n) is 8.38. The molecule has 2 aliphatic rings.